The first-order valence-corrected chi connectivity index (χ1v) is 48.8. The number of unbranched alkanes of at least 4 members (excludes halogenated alkanes) is 1. The predicted octanol–water partition coefficient (Wildman–Crippen LogP) is 0.543. The number of hydrogen-bond donors (Lipinski definition) is 16. The summed E-state index contributed by atoms with van der Waals surface area (Å²) in [5.41, 5.74) is 6.41. The van der Waals surface area contributed by atoms with Crippen LogP contribution >= 0.6 is 21.6 Å². The summed E-state index contributed by atoms with van der Waals surface area (Å²) >= 11 is 0. The van der Waals surface area contributed by atoms with E-state index in [1.807, 2.05) is 25.1 Å². The van der Waals surface area contributed by atoms with Crippen LogP contribution in [0.25, 0.3) is 21.7 Å². The number of carboxylic acids is 1. The zero-order valence-corrected chi connectivity index (χ0v) is 84.7. The normalized spacial score (nSPS) is 19.2. The number of carboxylic acid groups (broad SMARTS) is 1. The van der Waals surface area contributed by atoms with E-state index in [0.29, 0.717) is 72.4 Å². The number of nitrogens with one attached hydrogen (secondary N) is 13. The van der Waals surface area contributed by atoms with E-state index in [9.17, 15) is 71.3 Å². The Labute approximate surface area is 839 Å². The lowest BCUT2D eigenvalue weighted by molar-refractivity contribution is -0.175. The molecule has 0 aliphatic carbocycles. The quantitative estimate of drug-likeness (QED) is 0.0184. The molecular formula is C97H131F3N20O22S2. The van der Waals surface area contributed by atoms with Gasteiger partial charge in [-0.25, -0.2) is 0 Å². The van der Waals surface area contributed by atoms with Crippen molar-refractivity contribution in [2.24, 2.45) is 5.73 Å². The van der Waals surface area contributed by atoms with Crippen LogP contribution in [0.2, 0.25) is 0 Å². The molecule has 0 bridgehead atoms. The SMILES string of the molecule is CC(=O)N(C)CCCC[C@@H]1NC(=O)[C@H](Cc2c[nH]c3c(C)cccc23)NC(=O)[C@H]([C@@H](C)O)NC(=O)[C@H](CC(=O)N(C)C)NC(=O)[C@@H](NC(=O)C(F)(F)F)C(C)(C)SSC(C)(C)[C@@H](C(=O)N[C@@H](Cc2ccc(OCCN(C)C)cc2)C(=O)N[C@@H](Cc2ccc3ccccc3c2)C(=O)NC2(C(=O)N[C@@H](CCC(=O)O)C(=O)N[C@@H](CC(N)=O)C(=O)N[C@@H](Cc3cccnc3)C(=O)N(C)CC(=O)N(C)C)CCOCC2)NC1=O. The number of aromatic nitrogens is 2. The highest BCUT2D eigenvalue weighted by atomic mass is 33.1. The number of aryl methyl sites for hydroxylation is 1. The molecule has 4 aromatic carbocycles. The fourth-order valence-electron chi connectivity index (χ4n) is 15.7. The minimum absolute atomic E-state index is 0.0284. The number of fused-ring (bicyclic) bond motifs is 2. The van der Waals surface area contributed by atoms with Gasteiger partial charge < -0.3 is 119 Å². The minimum atomic E-state index is -5.70. The number of ether oxygens (including phenoxy) is 2. The van der Waals surface area contributed by atoms with Gasteiger partial charge in [-0.15, -0.1) is 0 Å². The number of hydrogen-bond acceptors (Lipinski definition) is 25. The van der Waals surface area contributed by atoms with Gasteiger partial charge in [-0.2, -0.15) is 13.2 Å². The molecule has 0 unspecified atom stereocenters. The van der Waals surface area contributed by atoms with Crippen molar-refractivity contribution < 1.29 is 119 Å². The number of aliphatic carboxylic acids is 1. The third-order valence-corrected chi connectivity index (χ3v) is 28.7. The lowest BCUT2D eigenvalue weighted by atomic mass is 9.87. The number of nitrogens with two attached hydrogens (primary N) is 1. The van der Waals surface area contributed by atoms with Gasteiger partial charge in [0.05, 0.1) is 25.5 Å². The molecule has 784 valence electrons. The van der Waals surface area contributed by atoms with E-state index in [0.717, 1.165) is 27.7 Å². The van der Waals surface area contributed by atoms with Crippen LogP contribution in [0.1, 0.15) is 127 Å². The average molecular weight is 2050 g/mol. The summed E-state index contributed by atoms with van der Waals surface area (Å²) in [6.07, 6.45) is -9.02. The van der Waals surface area contributed by atoms with Gasteiger partial charge in [0, 0.05) is 159 Å². The number of aromatic amines is 1. The lowest BCUT2D eigenvalue weighted by Gasteiger charge is -2.39. The molecular weight excluding hydrogens is 1920 g/mol. The van der Waals surface area contributed by atoms with Crippen LogP contribution in [0.5, 0.6) is 5.75 Å². The number of benzene rings is 4. The molecule has 2 aromatic heterocycles. The molecule has 17 amide bonds. The van der Waals surface area contributed by atoms with E-state index >= 15 is 38.4 Å². The Kier molecular flexibility index (Phi) is 42.3. The van der Waals surface area contributed by atoms with Gasteiger partial charge in [-0.05, 0) is 138 Å². The molecule has 2 saturated heterocycles. The first kappa shape index (κ1) is 116. The Balaban J connectivity index is 1.26. The highest BCUT2D eigenvalue weighted by Crippen LogP contribution is 2.47. The zero-order valence-electron chi connectivity index (χ0n) is 83.1. The van der Waals surface area contributed by atoms with E-state index < -0.39 is 246 Å². The topological polar surface area (TPSA) is 581 Å². The Hall–Kier alpha value is -13.5. The highest BCUT2D eigenvalue weighted by Gasteiger charge is 2.51. The molecule has 2 aliphatic rings. The summed E-state index contributed by atoms with van der Waals surface area (Å²) in [4.78, 5) is 276. The molecule has 8 rings (SSSR count). The molecule has 4 heterocycles. The van der Waals surface area contributed by atoms with E-state index in [1.54, 1.807) is 109 Å². The van der Waals surface area contributed by atoms with Crippen molar-refractivity contribution >= 4 is 150 Å². The Bertz CT molecular complexity index is 5610. The van der Waals surface area contributed by atoms with Crippen molar-refractivity contribution in [3.8, 4) is 5.75 Å². The smallest absolute Gasteiger partial charge is 0.471 e. The first-order valence-electron chi connectivity index (χ1n) is 46.7. The molecule has 2 aliphatic heterocycles. The molecule has 144 heavy (non-hydrogen) atoms. The van der Waals surface area contributed by atoms with Crippen molar-refractivity contribution in [1.82, 2.24) is 98.3 Å². The Morgan fingerprint density at radius 1 is 0.618 bits per heavy atom. The monoisotopic (exact) mass is 2050 g/mol. The molecule has 0 spiro atoms. The molecule has 2 fully saturated rings. The number of para-hydroxylation sites is 1. The summed E-state index contributed by atoms with van der Waals surface area (Å²) in [6, 6.07) is 5.61. The van der Waals surface area contributed by atoms with Crippen LogP contribution in [0.15, 0.2) is 116 Å². The van der Waals surface area contributed by atoms with Crippen molar-refractivity contribution in [2.45, 2.75) is 226 Å². The summed E-state index contributed by atoms with van der Waals surface area (Å²) in [6.45, 7) is 9.16. The first-order chi connectivity index (χ1) is 67.7. The standard InChI is InChI=1S/C97H131F3N20O22S2/c1-54-22-20-26-64-62(52-103-77(54)64)48-69-84(131)104-65(27-18-19-39-119(14)56(3)122)82(129)113-79(94(4,5)143-144-95(6,7)80(114-93(140)97(98,99)100)90(137)109-71(50-74(124)117(10)11)86(133)112-78(55(2)121)88(135)107-69)89(136)108-67(45-57-29-32-63(33-30-57)142-43-40-116(8)9)83(130)105-68(46-58-28-31-60-24-16-17-25-61(60)44-58)87(134)115-96(36-41-141-42-37-96)92(139)111-66(34-35-76(126)127)81(128)106-70(49-73(101)123)85(132)110-72(47-59-23-21-38-102-51-59)91(138)120(15)53-75(125)118(12)13/h16-17,20-26,28-33,38,44,51-52,55,65-72,78-80,103,121H,18-19,27,34-37,39-43,45-50,53H2,1-15H3,(H2,101,123)(H,104,131)(H,105,130)(H,106,128)(H,107,135)(H,108,136)(H,109,137)(H,110,132)(H,111,139)(H,112,133)(H,113,129)(H,114,140)(H,115,134)(H,126,127)/t55-,65+,66+,67+,68+,69+,70+,71+,72+,78+,79-,80-/m1/s1. The van der Waals surface area contributed by atoms with Crippen molar-refractivity contribution in [2.75, 3.05) is 95.8 Å². The average Bonchev–Trinajstić information content (AvgIpc) is 1.50. The van der Waals surface area contributed by atoms with Crippen molar-refractivity contribution in [3.63, 3.8) is 0 Å². The number of likely N-dealkylation sites (N-methyl/N-ethyl adjacent to an activating group) is 3. The second kappa shape index (κ2) is 52.6. The molecule has 0 saturated carbocycles. The fraction of sp³-hybridized carbons (Fsp3) is 0.515. The third-order valence-electron chi connectivity index (χ3n) is 24.4. The number of carbonyl (C=O) groups excluding carboxylic acids is 17. The molecule has 12 atom stereocenters. The summed E-state index contributed by atoms with van der Waals surface area (Å²) < 4.78 is 51.9. The molecule has 0 radical (unpaired) electrons. The Morgan fingerprint density at radius 2 is 1.21 bits per heavy atom. The van der Waals surface area contributed by atoms with Gasteiger partial charge in [0.25, 0.3) is 0 Å². The van der Waals surface area contributed by atoms with Crippen LogP contribution < -0.4 is 74.3 Å². The number of halogens is 3. The lowest BCUT2D eigenvalue weighted by Crippen LogP contribution is -2.67. The van der Waals surface area contributed by atoms with Gasteiger partial charge in [0.15, 0.2) is 0 Å². The molecule has 47 heteroatoms. The molecule has 42 nitrogen and oxygen atoms in total. The third kappa shape index (κ3) is 34.1. The number of rotatable bonds is 41. The Morgan fingerprint density at radius 3 is 1.83 bits per heavy atom. The van der Waals surface area contributed by atoms with E-state index in [-0.39, 0.29) is 70.8 Å². The number of carbonyl (C=O) groups is 18. The number of primary amides is 1. The number of alkyl halides is 3. The van der Waals surface area contributed by atoms with Crippen LogP contribution in [-0.2, 0) is 117 Å². The van der Waals surface area contributed by atoms with Crippen LogP contribution in [0.3, 0.4) is 0 Å². The van der Waals surface area contributed by atoms with Gasteiger partial charge in [0.1, 0.15) is 84.4 Å². The number of nitrogens with zero attached hydrogens (tertiary/aromatic N) is 6. The number of aliphatic hydroxyl groups excluding tert-OH is 1. The molecule has 6 aromatic rings. The van der Waals surface area contributed by atoms with Gasteiger partial charge in [0.2, 0.25) is 94.5 Å². The second-order valence-corrected chi connectivity index (χ2v) is 41.0. The van der Waals surface area contributed by atoms with Crippen LogP contribution in [0.4, 0.5) is 13.2 Å². The van der Waals surface area contributed by atoms with Gasteiger partial charge in [-0.1, -0.05) is 100 Å². The minimum Gasteiger partial charge on any atom is -0.492 e. The van der Waals surface area contributed by atoms with Crippen molar-refractivity contribution in [1.29, 1.82) is 0 Å². The maximum atomic E-state index is 16.5. The number of pyridine rings is 1. The predicted molar refractivity (Wildman–Crippen MR) is 527 cm³/mol. The summed E-state index contributed by atoms with van der Waals surface area (Å²) in [7, 11) is 13.2. The van der Waals surface area contributed by atoms with Gasteiger partial charge >= 0.3 is 18.1 Å². The van der Waals surface area contributed by atoms with Gasteiger partial charge in [-0.3, -0.25) is 91.3 Å². The fourth-order valence-corrected chi connectivity index (χ4v) is 18.5. The second-order valence-electron chi connectivity index (χ2n) is 37.6. The highest BCUT2D eigenvalue weighted by molar-refractivity contribution is 8.77. The maximum Gasteiger partial charge on any atom is 0.471 e. The number of amides is 17. The van der Waals surface area contributed by atoms with Crippen molar-refractivity contribution in [3.05, 3.63) is 143 Å². The number of aliphatic hydroxyl groups is 1. The summed E-state index contributed by atoms with van der Waals surface area (Å²) in [5.74, 6) is -20.9. The van der Waals surface area contributed by atoms with E-state index in [2.05, 4.69) is 68.5 Å². The van der Waals surface area contributed by atoms with Crippen LogP contribution in [-0.4, -0.2) is 341 Å². The maximum absolute atomic E-state index is 16.5. The molecule has 17 N–H and O–H groups in total. The largest absolute Gasteiger partial charge is 0.492 e. The van der Waals surface area contributed by atoms with E-state index in [4.69, 9.17) is 15.2 Å². The number of H-pyrrole nitrogens is 1. The van der Waals surface area contributed by atoms with E-state index in [1.165, 1.54) is 99.1 Å². The summed E-state index contributed by atoms with van der Waals surface area (Å²) in [5, 5.41) is 53.7. The van der Waals surface area contributed by atoms with Crippen LogP contribution in [0, 0.1) is 6.92 Å². The zero-order chi connectivity index (χ0) is 107.